The van der Waals surface area contributed by atoms with Gasteiger partial charge in [0, 0.05) is 6.61 Å². The van der Waals surface area contributed by atoms with Gasteiger partial charge < -0.3 is 24.8 Å². The van der Waals surface area contributed by atoms with Gasteiger partial charge in [0.05, 0.1) is 13.2 Å². The SMILES string of the molecule is CCCCCCCCCCO[C@H]1CO[C@H]([C@H](O)CO)[C@@H]1O. The van der Waals surface area contributed by atoms with Crippen LogP contribution >= 0.6 is 0 Å². The molecule has 1 aliphatic heterocycles. The number of ether oxygens (including phenoxy) is 2. The van der Waals surface area contributed by atoms with E-state index in [-0.39, 0.29) is 12.7 Å². The third-order valence-corrected chi connectivity index (χ3v) is 4.07. The molecular formula is C16H32O5. The van der Waals surface area contributed by atoms with Crippen molar-refractivity contribution in [2.75, 3.05) is 19.8 Å². The molecule has 0 spiro atoms. The van der Waals surface area contributed by atoms with Crippen molar-refractivity contribution in [2.24, 2.45) is 0 Å². The molecule has 0 bridgehead atoms. The van der Waals surface area contributed by atoms with Crippen LogP contribution in [0.15, 0.2) is 0 Å². The molecule has 1 fully saturated rings. The summed E-state index contributed by atoms with van der Waals surface area (Å²) in [7, 11) is 0. The zero-order valence-corrected chi connectivity index (χ0v) is 13.2. The predicted octanol–water partition coefficient (Wildman–Crippen LogP) is 1.63. The Morgan fingerprint density at radius 2 is 1.71 bits per heavy atom. The zero-order chi connectivity index (χ0) is 15.5. The molecule has 0 radical (unpaired) electrons. The quantitative estimate of drug-likeness (QED) is 0.478. The highest BCUT2D eigenvalue weighted by Crippen LogP contribution is 2.20. The minimum atomic E-state index is -1.04. The van der Waals surface area contributed by atoms with Gasteiger partial charge in [-0.15, -0.1) is 0 Å². The molecule has 1 aliphatic rings. The van der Waals surface area contributed by atoms with Crippen molar-refractivity contribution in [1.29, 1.82) is 0 Å². The van der Waals surface area contributed by atoms with Gasteiger partial charge in [-0.05, 0) is 6.42 Å². The predicted molar refractivity (Wildman–Crippen MR) is 81.2 cm³/mol. The second-order valence-corrected chi connectivity index (χ2v) is 5.92. The van der Waals surface area contributed by atoms with Crippen LogP contribution in [0.2, 0.25) is 0 Å². The Morgan fingerprint density at radius 3 is 2.33 bits per heavy atom. The minimum absolute atomic E-state index is 0.278. The summed E-state index contributed by atoms with van der Waals surface area (Å²) < 4.78 is 10.9. The van der Waals surface area contributed by atoms with Gasteiger partial charge in [-0.3, -0.25) is 0 Å². The van der Waals surface area contributed by atoms with Gasteiger partial charge in [-0.25, -0.2) is 0 Å². The van der Waals surface area contributed by atoms with E-state index in [9.17, 15) is 10.2 Å². The molecule has 0 aromatic heterocycles. The van der Waals surface area contributed by atoms with E-state index in [0.717, 1.165) is 12.8 Å². The van der Waals surface area contributed by atoms with Crippen LogP contribution in [0.3, 0.4) is 0 Å². The lowest BCUT2D eigenvalue weighted by Gasteiger charge is -2.20. The number of aliphatic hydroxyl groups excluding tert-OH is 3. The second-order valence-electron chi connectivity index (χ2n) is 5.92. The average molecular weight is 304 g/mol. The van der Waals surface area contributed by atoms with Crippen LogP contribution in [0.4, 0.5) is 0 Å². The van der Waals surface area contributed by atoms with E-state index in [2.05, 4.69) is 6.92 Å². The summed E-state index contributed by atoms with van der Waals surface area (Å²) in [4.78, 5) is 0. The molecule has 0 amide bonds. The molecule has 0 aliphatic carbocycles. The molecule has 0 unspecified atom stereocenters. The van der Waals surface area contributed by atoms with E-state index in [4.69, 9.17) is 14.6 Å². The van der Waals surface area contributed by atoms with Gasteiger partial charge in [0.25, 0.3) is 0 Å². The maximum absolute atomic E-state index is 9.95. The summed E-state index contributed by atoms with van der Waals surface area (Å²) in [5.74, 6) is 0. The van der Waals surface area contributed by atoms with Crippen molar-refractivity contribution in [1.82, 2.24) is 0 Å². The van der Waals surface area contributed by atoms with Crippen LogP contribution in [0.5, 0.6) is 0 Å². The summed E-state index contributed by atoms with van der Waals surface area (Å²) in [5, 5.41) is 28.3. The van der Waals surface area contributed by atoms with Crippen molar-refractivity contribution in [3.8, 4) is 0 Å². The first-order chi connectivity index (χ1) is 10.2. The van der Waals surface area contributed by atoms with Gasteiger partial charge in [-0.2, -0.15) is 0 Å². The van der Waals surface area contributed by atoms with Crippen LogP contribution in [0, 0.1) is 0 Å². The van der Waals surface area contributed by atoms with Gasteiger partial charge in [-0.1, -0.05) is 51.9 Å². The van der Waals surface area contributed by atoms with Crippen molar-refractivity contribution in [3.63, 3.8) is 0 Å². The maximum Gasteiger partial charge on any atom is 0.114 e. The lowest BCUT2D eigenvalue weighted by molar-refractivity contribution is -0.0730. The normalized spacial score (nSPS) is 27.1. The number of aliphatic hydroxyl groups is 3. The van der Waals surface area contributed by atoms with E-state index in [1.165, 1.54) is 38.5 Å². The Balaban J connectivity index is 1.98. The maximum atomic E-state index is 9.95. The Labute approximate surface area is 128 Å². The number of rotatable bonds is 12. The molecule has 4 atom stereocenters. The highest BCUT2D eigenvalue weighted by atomic mass is 16.6. The Bertz CT molecular complexity index is 249. The van der Waals surface area contributed by atoms with Gasteiger partial charge >= 0.3 is 0 Å². The second kappa shape index (κ2) is 11.4. The Hall–Kier alpha value is -0.200. The highest BCUT2D eigenvalue weighted by molar-refractivity contribution is 4.88. The van der Waals surface area contributed by atoms with Crippen LogP contribution < -0.4 is 0 Å². The molecule has 1 heterocycles. The summed E-state index contributed by atoms with van der Waals surface area (Å²) in [6.45, 7) is 2.71. The molecule has 5 heteroatoms. The largest absolute Gasteiger partial charge is 0.394 e. The summed E-state index contributed by atoms with van der Waals surface area (Å²) in [5.41, 5.74) is 0. The van der Waals surface area contributed by atoms with Gasteiger partial charge in [0.1, 0.15) is 24.4 Å². The van der Waals surface area contributed by atoms with Crippen molar-refractivity contribution >= 4 is 0 Å². The fourth-order valence-corrected chi connectivity index (χ4v) is 2.67. The lowest BCUT2D eigenvalue weighted by atomic mass is 10.1. The molecule has 1 rings (SSSR count). The molecule has 0 aromatic rings. The van der Waals surface area contributed by atoms with Crippen LogP contribution in [-0.4, -0.2) is 59.6 Å². The molecule has 1 saturated heterocycles. The molecule has 0 aromatic carbocycles. The number of unbranched alkanes of at least 4 members (excludes halogenated alkanes) is 7. The molecule has 5 nitrogen and oxygen atoms in total. The summed E-state index contributed by atoms with van der Waals surface area (Å²) >= 11 is 0. The number of hydrogen-bond donors (Lipinski definition) is 3. The monoisotopic (exact) mass is 304 g/mol. The first-order valence-corrected chi connectivity index (χ1v) is 8.40. The van der Waals surface area contributed by atoms with E-state index < -0.39 is 24.9 Å². The van der Waals surface area contributed by atoms with E-state index in [0.29, 0.717) is 6.61 Å². The van der Waals surface area contributed by atoms with Crippen molar-refractivity contribution < 1.29 is 24.8 Å². The minimum Gasteiger partial charge on any atom is -0.394 e. The summed E-state index contributed by atoms with van der Waals surface area (Å²) in [6, 6.07) is 0. The Kier molecular flexibility index (Phi) is 10.2. The van der Waals surface area contributed by atoms with Crippen molar-refractivity contribution in [3.05, 3.63) is 0 Å². The van der Waals surface area contributed by atoms with E-state index in [1.807, 2.05) is 0 Å². The van der Waals surface area contributed by atoms with Gasteiger partial charge in [0.2, 0.25) is 0 Å². The molecule has 0 saturated carbocycles. The average Bonchev–Trinajstić information content (AvgIpc) is 2.86. The molecule has 3 N–H and O–H groups in total. The number of hydrogen-bond acceptors (Lipinski definition) is 5. The van der Waals surface area contributed by atoms with E-state index in [1.54, 1.807) is 0 Å². The molecular weight excluding hydrogens is 272 g/mol. The fourth-order valence-electron chi connectivity index (χ4n) is 2.67. The van der Waals surface area contributed by atoms with Crippen LogP contribution in [0.1, 0.15) is 58.3 Å². The molecule has 126 valence electrons. The fraction of sp³-hybridized carbons (Fsp3) is 1.00. The summed E-state index contributed by atoms with van der Waals surface area (Å²) in [6.07, 6.45) is 6.93. The Morgan fingerprint density at radius 1 is 1.10 bits per heavy atom. The molecule has 21 heavy (non-hydrogen) atoms. The first kappa shape index (κ1) is 18.8. The van der Waals surface area contributed by atoms with Gasteiger partial charge in [0.15, 0.2) is 0 Å². The zero-order valence-electron chi connectivity index (χ0n) is 13.2. The lowest BCUT2D eigenvalue weighted by Crippen LogP contribution is -2.41. The van der Waals surface area contributed by atoms with Crippen LogP contribution in [-0.2, 0) is 9.47 Å². The third kappa shape index (κ3) is 7.06. The topological polar surface area (TPSA) is 79.2 Å². The van der Waals surface area contributed by atoms with Crippen molar-refractivity contribution in [2.45, 2.75) is 82.7 Å². The van der Waals surface area contributed by atoms with E-state index >= 15 is 0 Å². The first-order valence-electron chi connectivity index (χ1n) is 8.40. The smallest absolute Gasteiger partial charge is 0.114 e. The third-order valence-electron chi connectivity index (χ3n) is 4.07. The van der Waals surface area contributed by atoms with Crippen LogP contribution in [0.25, 0.3) is 0 Å². The standard InChI is InChI=1S/C16H32O5/c1-2-3-4-5-6-7-8-9-10-20-14-12-21-16(15(14)19)13(18)11-17/h13-19H,2-12H2,1H3/t13-,14+,15-,16-/m1/s1. The highest BCUT2D eigenvalue weighted by Gasteiger charge is 2.40.